The number of hydrogen-bond acceptors (Lipinski definition) is 2. The van der Waals surface area contributed by atoms with Crippen LogP contribution in [0.4, 0.5) is 10.1 Å². The molecule has 0 aliphatic carbocycles. The van der Waals surface area contributed by atoms with E-state index in [1.807, 2.05) is 37.3 Å². The molecule has 3 N–H and O–H groups in total. The molecule has 2 rings (SSSR count). The van der Waals surface area contributed by atoms with E-state index in [0.29, 0.717) is 18.5 Å². The summed E-state index contributed by atoms with van der Waals surface area (Å²) in [6.45, 7) is 5.50. The Morgan fingerprint density at radius 1 is 1.04 bits per heavy atom. The minimum atomic E-state index is -0.187. The Morgan fingerprint density at radius 2 is 1.78 bits per heavy atom. The Kier molecular flexibility index (Phi) is 8.29. The van der Waals surface area contributed by atoms with Crippen molar-refractivity contribution in [1.29, 1.82) is 0 Å². The van der Waals surface area contributed by atoms with E-state index in [4.69, 9.17) is 0 Å². The number of hydrogen-bond donors (Lipinski definition) is 3. The lowest BCUT2D eigenvalue weighted by Gasteiger charge is -2.12. The Labute approximate surface area is 160 Å². The van der Waals surface area contributed by atoms with Gasteiger partial charge in [-0.25, -0.2) is 4.39 Å². The highest BCUT2D eigenvalue weighted by Crippen LogP contribution is 2.10. The Morgan fingerprint density at radius 3 is 2.44 bits per heavy atom. The van der Waals surface area contributed by atoms with Crippen LogP contribution in [0.25, 0.3) is 0 Å². The second kappa shape index (κ2) is 11.0. The molecule has 27 heavy (non-hydrogen) atoms. The Balaban J connectivity index is 1.81. The molecular weight excluding hydrogens is 343 g/mol. The molecule has 0 bridgehead atoms. The summed E-state index contributed by atoms with van der Waals surface area (Å²) in [7, 11) is 0. The lowest BCUT2D eigenvalue weighted by Crippen LogP contribution is -2.38. The summed E-state index contributed by atoms with van der Waals surface area (Å²) in [6, 6.07) is 14.6. The fourth-order valence-electron chi connectivity index (χ4n) is 2.61. The van der Waals surface area contributed by atoms with Crippen molar-refractivity contribution in [3.05, 3.63) is 65.5 Å². The van der Waals surface area contributed by atoms with Crippen LogP contribution >= 0.6 is 0 Å². The second-order valence-electron chi connectivity index (χ2n) is 6.16. The molecule has 2 aromatic carbocycles. The van der Waals surface area contributed by atoms with Crippen LogP contribution < -0.4 is 16.0 Å². The van der Waals surface area contributed by atoms with Crippen LogP contribution in [0, 0.1) is 5.82 Å². The highest BCUT2D eigenvalue weighted by molar-refractivity contribution is 5.88. The van der Waals surface area contributed by atoms with Gasteiger partial charge in [-0.2, -0.15) is 0 Å². The molecule has 0 fully saturated rings. The molecule has 0 unspecified atom stereocenters. The topological polar surface area (TPSA) is 65.5 Å². The third kappa shape index (κ3) is 7.48. The molecule has 0 saturated heterocycles. The van der Waals surface area contributed by atoms with E-state index in [-0.39, 0.29) is 11.7 Å². The smallest absolute Gasteiger partial charge is 0.221 e. The number of rotatable bonds is 8. The maximum absolute atomic E-state index is 13.6. The maximum Gasteiger partial charge on any atom is 0.221 e. The average molecular weight is 370 g/mol. The number of guanidine groups is 1. The van der Waals surface area contributed by atoms with Gasteiger partial charge in [0.25, 0.3) is 0 Å². The molecule has 0 radical (unpaired) electrons. The number of amides is 1. The molecule has 0 atom stereocenters. The van der Waals surface area contributed by atoms with E-state index in [9.17, 15) is 9.18 Å². The average Bonchev–Trinajstić information content (AvgIpc) is 2.64. The van der Waals surface area contributed by atoms with E-state index in [0.717, 1.165) is 31.2 Å². The van der Waals surface area contributed by atoms with Crippen LogP contribution in [0.3, 0.4) is 0 Å². The normalized spacial score (nSPS) is 11.1. The summed E-state index contributed by atoms with van der Waals surface area (Å²) < 4.78 is 13.6. The highest BCUT2D eigenvalue weighted by atomic mass is 19.1. The summed E-state index contributed by atoms with van der Waals surface area (Å²) in [4.78, 5) is 15.5. The van der Waals surface area contributed by atoms with Crippen molar-refractivity contribution in [3.63, 3.8) is 0 Å². The van der Waals surface area contributed by atoms with Crippen LogP contribution in [-0.2, 0) is 17.6 Å². The van der Waals surface area contributed by atoms with Crippen LogP contribution in [0.15, 0.2) is 53.5 Å². The molecule has 1 amide bonds. The van der Waals surface area contributed by atoms with Crippen molar-refractivity contribution in [3.8, 4) is 0 Å². The molecule has 144 valence electrons. The van der Waals surface area contributed by atoms with Gasteiger partial charge >= 0.3 is 0 Å². The lowest BCUT2D eigenvalue weighted by molar-refractivity contribution is -0.114. The zero-order valence-corrected chi connectivity index (χ0v) is 15.9. The van der Waals surface area contributed by atoms with Gasteiger partial charge in [0, 0.05) is 32.2 Å². The van der Waals surface area contributed by atoms with E-state index in [1.165, 1.54) is 18.6 Å². The van der Waals surface area contributed by atoms with Gasteiger partial charge in [0.15, 0.2) is 5.96 Å². The standard InChI is InChI=1S/C21H27FN4O/c1-3-23-21(25-15-13-18-6-4-5-7-20(18)22)24-14-12-17-8-10-19(11-9-17)26-16(2)27/h4-11H,3,12-15H2,1-2H3,(H,26,27)(H2,23,24,25). The van der Waals surface area contributed by atoms with Crippen LogP contribution in [0.5, 0.6) is 0 Å². The quantitative estimate of drug-likeness (QED) is 0.494. The first-order valence-electron chi connectivity index (χ1n) is 9.20. The van der Waals surface area contributed by atoms with E-state index < -0.39 is 0 Å². The van der Waals surface area contributed by atoms with Crippen LogP contribution in [0.2, 0.25) is 0 Å². The number of nitrogens with one attached hydrogen (secondary N) is 3. The Bertz CT molecular complexity index is 759. The van der Waals surface area contributed by atoms with Crippen molar-refractivity contribution >= 4 is 17.6 Å². The fraction of sp³-hybridized carbons (Fsp3) is 0.333. The molecular formula is C21H27FN4O. The number of halogens is 1. The molecule has 0 aliphatic heterocycles. The van der Waals surface area contributed by atoms with E-state index in [1.54, 1.807) is 12.1 Å². The van der Waals surface area contributed by atoms with Crippen molar-refractivity contribution in [1.82, 2.24) is 10.6 Å². The number of benzene rings is 2. The first-order chi connectivity index (χ1) is 13.1. The monoisotopic (exact) mass is 370 g/mol. The SMILES string of the molecule is CCNC(=NCCc1ccccc1F)NCCc1ccc(NC(C)=O)cc1. The minimum absolute atomic E-state index is 0.0775. The van der Waals surface area contributed by atoms with Gasteiger partial charge in [-0.3, -0.25) is 9.79 Å². The maximum atomic E-state index is 13.6. The summed E-state index contributed by atoms with van der Waals surface area (Å²) >= 11 is 0. The van der Waals surface area contributed by atoms with E-state index in [2.05, 4.69) is 20.9 Å². The zero-order chi connectivity index (χ0) is 19.5. The van der Waals surface area contributed by atoms with Crippen molar-refractivity contribution < 1.29 is 9.18 Å². The number of aliphatic imine (C=N–C) groups is 1. The number of carbonyl (C=O) groups is 1. The molecule has 0 saturated carbocycles. The van der Waals surface area contributed by atoms with Crippen molar-refractivity contribution in [2.24, 2.45) is 4.99 Å². The molecule has 0 heterocycles. The number of nitrogens with zero attached hydrogens (tertiary/aromatic N) is 1. The molecule has 0 spiro atoms. The highest BCUT2D eigenvalue weighted by Gasteiger charge is 2.02. The Hall–Kier alpha value is -2.89. The molecule has 0 aliphatic rings. The van der Waals surface area contributed by atoms with Gasteiger partial charge in [0.1, 0.15) is 5.82 Å². The van der Waals surface area contributed by atoms with Crippen LogP contribution in [-0.4, -0.2) is 31.5 Å². The van der Waals surface area contributed by atoms with Gasteiger partial charge in [0.2, 0.25) is 5.91 Å². The third-order valence-electron chi connectivity index (χ3n) is 3.93. The summed E-state index contributed by atoms with van der Waals surface area (Å²) in [6.07, 6.45) is 1.39. The number of anilines is 1. The van der Waals surface area contributed by atoms with Crippen molar-refractivity contribution in [2.45, 2.75) is 26.7 Å². The van der Waals surface area contributed by atoms with Gasteiger partial charge in [-0.05, 0) is 49.1 Å². The fourth-order valence-corrected chi connectivity index (χ4v) is 2.61. The van der Waals surface area contributed by atoms with Crippen molar-refractivity contribution in [2.75, 3.05) is 25.0 Å². The largest absolute Gasteiger partial charge is 0.357 e. The molecule has 5 nitrogen and oxygen atoms in total. The van der Waals surface area contributed by atoms with Gasteiger partial charge in [-0.1, -0.05) is 30.3 Å². The first-order valence-corrected chi connectivity index (χ1v) is 9.20. The van der Waals surface area contributed by atoms with Gasteiger partial charge in [-0.15, -0.1) is 0 Å². The summed E-state index contributed by atoms with van der Waals surface area (Å²) in [5.74, 6) is 0.461. The lowest BCUT2D eigenvalue weighted by atomic mass is 10.1. The second-order valence-corrected chi connectivity index (χ2v) is 6.16. The molecule has 6 heteroatoms. The minimum Gasteiger partial charge on any atom is -0.357 e. The summed E-state index contributed by atoms with van der Waals surface area (Å²) in [5, 5.41) is 9.24. The van der Waals surface area contributed by atoms with Crippen LogP contribution in [0.1, 0.15) is 25.0 Å². The molecule has 0 aromatic heterocycles. The zero-order valence-electron chi connectivity index (χ0n) is 15.9. The van der Waals surface area contributed by atoms with E-state index >= 15 is 0 Å². The van der Waals surface area contributed by atoms with Gasteiger partial charge < -0.3 is 16.0 Å². The first kappa shape index (κ1) is 20.4. The predicted octanol–water partition coefficient (Wildman–Crippen LogP) is 3.12. The summed E-state index contributed by atoms with van der Waals surface area (Å²) in [5.41, 5.74) is 2.64. The predicted molar refractivity (Wildman–Crippen MR) is 109 cm³/mol. The third-order valence-corrected chi connectivity index (χ3v) is 3.93. The molecule has 2 aromatic rings. The van der Waals surface area contributed by atoms with Gasteiger partial charge in [0.05, 0.1) is 0 Å². The number of carbonyl (C=O) groups excluding carboxylic acids is 1.